The second-order valence-electron chi connectivity index (χ2n) is 4.54. The molecule has 1 aliphatic heterocycles. The maximum Gasteiger partial charge on any atom is 0.0478 e. The molecule has 17 heavy (non-hydrogen) atoms. The first-order valence-electron chi connectivity index (χ1n) is 6.10. The second-order valence-corrected chi connectivity index (χ2v) is 4.95. The molecule has 0 radical (unpaired) electrons. The Labute approximate surface area is 108 Å². The predicted molar refractivity (Wildman–Crippen MR) is 74.4 cm³/mol. The third-order valence-electron chi connectivity index (χ3n) is 2.99. The average Bonchev–Trinajstić information content (AvgIpc) is 2.33. The summed E-state index contributed by atoms with van der Waals surface area (Å²) in [6.07, 6.45) is 2.18. The largest absolute Gasteiger partial charge is 0.314 e. The van der Waals surface area contributed by atoms with Crippen LogP contribution in [0.5, 0.6) is 0 Å². The van der Waals surface area contributed by atoms with Crippen molar-refractivity contribution in [3.63, 3.8) is 0 Å². The monoisotopic (exact) mass is 250 g/mol. The molecule has 0 aliphatic carbocycles. The van der Waals surface area contributed by atoms with Gasteiger partial charge in [-0.25, -0.2) is 0 Å². The van der Waals surface area contributed by atoms with Crippen molar-refractivity contribution in [2.75, 3.05) is 32.7 Å². The van der Waals surface area contributed by atoms with Gasteiger partial charge >= 0.3 is 0 Å². The van der Waals surface area contributed by atoms with E-state index in [1.54, 1.807) is 0 Å². The van der Waals surface area contributed by atoms with Crippen LogP contribution in [0.4, 0.5) is 0 Å². The quantitative estimate of drug-likeness (QED) is 0.887. The van der Waals surface area contributed by atoms with Crippen LogP contribution < -0.4 is 5.32 Å². The number of nitrogens with zero attached hydrogens (tertiary/aromatic N) is 1. The zero-order valence-corrected chi connectivity index (χ0v) is 11.0. The minimum absolute atomic E-state index is 0.826. The first-order chi connectivity index (χ1) is 8.25. The highest BCUT2D eigenvalue weighted by Crippen LogP contribution is 2.18. The van der Waals surface area contributed by atoms with Crippen molar-refractivity contribution in [1.29, 1.82) is 0 Å². The molecule has 0 spiro atoms. The molecule has 2 rings (SSSR count). The lowest BCUT2D eigenvalue weighted by atomic mass is 10.1. The van der Waals surface area contributed by atoms with Gasteiger partial charge in [-0.05, 0) is 18.6 Å². The van der Waals surface area contributed by atoms with Gasteiger partial charge in [0.15, 0.2) is 0 Å². The van der Waals surface area contributed by atoms with Crippen molar-refractivity contribution in [3.8, 4) is 0 Å². The van der Waals surface area contributed by atoms with E-state index in [-0.39, 0.29) is 0 Å². The molecule has 3 heteroatoms. The Morgan fingerprint density at radius 1 is 1.35 bits per heavy atom. The maximum absolute atomic E-state index is 6.14. The molecule has 1 aromatic rings. The van der Waals surface area contributed by atoms with Crippen LogP contribution in [-0.2, 0) is 0 Å². The lowest BCUT2D eigenvalue weighted by Gasteiger charge is -2.27. The summed E-state index contributed by atoms with van der Waals surface area (Å²) in [7, 11) is 0. The maximum atomic E-state index is 6.14. The van der Waals surface area contributed by atoms with Gasteiger partial charge in [0.25, 0.3) is 0 Å². The molecule has 1 saturated heterocycles. The molecule has 0 atom stereocenters. The van der Waals surface area contributed by atoms with Crippen LogP contribution in [-0.4, -0.2) is 37.6 Å². The fourth-order valence-electron chi connectivity index (χ4n) is 2.13. The molecule has 0 saturated carbocycles. The molecule has 0 amide bonds. The Morgan fingerprint density at radius 3 is 2.76 bits per heavy atom. The van der Waals surface area contributed by atoms with Crippen LogP contribution in [0.2, 0.25) is 5.02 Å². The summed E-state index contributed by atoms with van der Waals surface area (Å²) < 4.78 is 0. The summed E-state index contributed by atoms with van der Waals surface area (Å²) in [6, 6.07) is 7.98. The molecule has 0 bridgehead atoms. The topological polar surface area (TPSA) is 15.3 Å². The van der Waals surface area contributed by atoms with E-state index in [4.69, 9.17) is 11.6 Å². The van der Waals surface area contributed by atoms with Crippen molar-refractivity contribution in [1.82, 2.24) is 10.2 Å². The molecule has 1 N–H and O–H groups in total. The van der Waals surface area contributed by atoms with Gasteiger partial charge in [-0.1, -0.05) is 41.4 Å². The molecule has 2 nitrogen and oxygen atoms in total. The molecular formula is C14H19ClN2. The minimum Gasteiger partial charge on any atom is -0.314 e. The fraction of sp³-hybridized carbons (Fsp3) is 0.429. The van der Waals surface area contributed by atoms with E-state index in [0.717, 1.165) is 43.3 Å². The first kappa shape index (κ1) is 12.6. The molecular weight excluding hydrogens is 232 g/mol. The van der Waals surface area contributed by atoms with E-state index < -0.39 is 0 Å². The van der Waals surface area contributed by atoms with Gasteiger partial charge in [-0.15, -0.1) is 0 Å². The van der Waals surface area contributed by atoms with Crippen LogP contribution >= 0.6 is 11.6 Å². The number of rotatable bonds is 3. The van der Waals surface area contributed by atoms with Gasteiger partial charge in [0, 0.05) is 37.7 Å². The van der Waals surface area contributed by atoms with E-state index in [2.05, 4.69) is 29.3 Å². The van der Waals surface area contributed by atoms with E-state index in [1.807, 2.05) is 18.2 Å². The molecule has 1 heterocycles. The standard InChI is InChI=1S/C14H19ClN2/c1-12(11-17-8-6-16-7-9-17)10-13-4-2-3-5-14(13)15/h2-5,10,16H,6-9,11H2,1H3. The van der Waals surface area contributed by atoms with E-state index in [9.17, 15) is 0 Å². The Balaban J connectivity index is 1.99. The Kier molecular flexibility index (Phi) is 4.60. The Bertz CT molecular complexity index is 395. The van der Waals surface area contributed by atoms with Gasteiger partial charge in [-0.2, -0.15) is 0 Å². The van der Waals surface area contributed by atoms with E-state index in [1.165, 1.54) is 5.57 Å². The normalized spacial score (nSPS) is 18.4. The summed E-state index contributed by atoms with van der Waals surface area (Å²) in [6.45, 7) is 7.67. The van der Waals surface area contributed by atoms with Crippen LogP contribution in [0.25, 0.3) is 6.08 Å². The molecule has 0 aromatic heterocycles. The van der Waals surface area contributed by atoms with Crippen LogP contribution in [0.15, 0.2) is 29.8 Å². The van der Waals surface area contributed by atoms with Gasteiger partial charge in [0.2, 0.25) is 0 Å². The second kappa shape index (κ2) is 6.20. The van der Waals surface area contributed by atoms with Crippen LogP contribution in [0.1, 0.15) is 12.5 Å². The van der Waals surface area contributed by atoms with Crippen molar-refractivity contribution in [3.05, 3.63) is 40.4 Å². The highest BCUT2D eigenvalue weighted by atomic mass is 35.5. The number of piperazine rings is 1. The summed E-state index contributed by atoms with van der Waals surface area (Å²) in [5.74, 6) is 0. The van der Waals surface area contributed by atoms with Gasteiger partial charge in [0.1, 0.15) is 0 Å². The zero-order valence-electron chi connectivity index (χ0n) is 10.2. The average molecular weight is 251 g/mol. The van der Waals surface area contributed by atoms with Gasteiger partial charge < -0.3 is 5.32 Å². The van der Waals surface area contributed by atoms with Crippen molar-refractivity contribution < 1.29 is 0 Å². The lowest BCUT2D eigenvalue weighted by molar-refractivity contribution is 0.260. The third-order valence-corrected chi connectivity index (χ3v) is 3.33. The number of halogens is 1. The molecule has 1 fully saturated rings. The summed E-state index contributed by atoms with van der Waals surface area (Å²) in [4.78, 5) is 2.47. The highest BCUT2D eigenvalue weighted by Gasteiger charge is 2.09. The molecule has 1 aromatic carbocycles. The van der Waals surface area contributed by atoms with Crippen molar-refractivity contribution in [2.45, 2.75) is 6.92 Å². The Hall–Kier alpha value is -0.830. The first-order valence-corrected chi connectivity index (χ1v) is 6.48. The van der Waals surface area contributed by atoms with Crippen LogP contribution in [0, 0.1) is 0 Å². The SMILES string of the molecule is CC(=Cc1ccccc1Cl)CN1CCNCC1. The zero-order chi connectivity index (χ0) is 12.1. The van der Waals surface area contributed by atoms with Crippen LogP contribution in [0.3, 0.4) is 0 Å². The highest BCUT2D eigenvalue weighted by molar-refractivity contribution is 6.32. The van der Waals surface area contributed by atoms with Crippen molar-refractivity contribution >= 4 is 17.7 Å². The fourth-order valence-corrected chi connectivity index (χ4v) is 2.32. The third kappa shape index (κ3) is 3.84. The summed E-state index contributed by atoms with van der Waals surface area (Å²) in [5.41, 5.74) is 2.47. The number of hydrogen-bond acceptors (Lipinski definition) is 2. The molecule has 1 aliphatic rings. The predicted octanol–water partition coefficient (Wildman–Crippen LogP) is 2.65. The van der Waals surface area contributed by atoms with Gasteiger partial charge in [-0.3, -0.25) is 4.90 Å². The lowest BCUT2D eigenvalue weighted by Crippen LogP contribution is -2.43. The summed E-state index contributed by atoms with van der Waals surface area (Å²) >= 11 is 6.14. The van der Waals surface area contributed by atoms with E-state index >= 15 is 0 Å². The molecule has 92 valence electrons. The minimum atomic E-state index is 0.826. The van der Waals surface area contributed by atoms with Crippen molar-refractivity contribution in [2.24, 2.45) is 0 Å². The summed E-state index contributed by atoms with van der Waals surface area (Å²) in [5, 5.41) is 4.19. The smallest absolute Gasteiger partial charge is 0.0478 e. The van der Waals surface area contributed by atoms with E-state index in [0.29, 0.717) is 0 Å². The number of hydrogen-bond donors (Lipinski definition) is 1. The Morgan fingerprint density at radius 2 is 2.06 bits per heavy atom. The number of benzene rings is 1. The van der Waals surface area contributed by atoms with Gasteiger partial charge in [0.05, 0.1) is 0 Å². The molecule has 0 unspecified atom stereocenters. The number of nitrogens with one attached hydrogen (secondary N) is 1.